The molecule has 3 nitrogen and oxygen atoms in total. The van der Waals surface area contributed by atoms with Gasteiger partial charge in [-0.1, -0.05) is 90.4 Å². The lowest BCUT2D eigenvalue weighted by atomic mass is 10.0. The predicted octanol–water partition coefficient (Wildman–Crippen LogP) is 5.78. The lowest BCUT2D eigenvalue weighted by molar-refractivity contribution is 0.478. The third-order valence-corrected chi connectivity index (χ3v) is 4.56. The molecule has 0 aromatic carbocycles. The van der Waals surface area contributed by atoms with E-state index in [1.165, 1.54) is 70.6 Å². The van der Waals surface area contributed by atoms with Gasteiger partial charge in [0.15, 0.2) is 0 Å². The quantitative estimate of drug-likeness (QED) is 0.303. The van der Waals surface area contributed by atoms with Gasteiger partial charge in [0.2, 0.25) is 0 Å². The molecular formula is C16H35ClO3S. The van der Waals surface area contributed by atoms with Gasteiger partial charge in [-0.25, -0.2) is 0 Å². The predicted molar refractivity (Wildman–Crippen MR) is 94.0 cm³/mol. The second kappa shape index (κ2) is 16.6. The molecule has 130 valence electrons. The van der Waals surface area contributed by atoms with Gasteiger partial charge in [0.1, 0.15) is 0 Å². The first-order chi connectivity index (χ1) is 9.56. The van der Waals surface area contributed by atoms with Crippen molar-refractivity contribution in [2.75, 3.05) is 5.75 Å². The highest BCUT2D eigenvalue weighted by atomic mass is 35.5. The molecule has 0 aliphatic carbocycles. The van der Waals surface area contributed by atoms with Crippen molar-refractivity contribution in [1.82, 2.24) is 0 Å². The van der Waals surface area contributed by atoms with Crippen LogP contribution in [0.1, 0.15) is 96.8 Å². The SMILES string of the molecule is CCCCCCCCCCCCCCCCS(=O)(=O)O.Cl. The van der Waals surface area contributed by atoms with Gasteiger partial charge in [0.25, 0.3) is 10.1 Å². The van der Waals surface area contributed by atoms with Gasteiger partial charge in [-0.05, 0) is 6.42 Å². The van der Waals surface area contributed by atoms with Crippen LogP contribution in [-0.2, 0) is 10.1 Å². The van der Waals surface area contributed by atoms with E-state index in [-0.39, 0.29) is 18.2 Å². The Bertz CT molecular complexity index is 292. The molecule has 0 aliphatic rings. The smallest absolute Gasteiger partial charge is 0.264 e. The zero-order chi connectivity index (χ0) is 15.1. The van der Waals surface area contributed by atoms with Gasteiger partial charge in [0, 0.05) is 0 Å². The molecule has 0 spiro atoms. The van der Waals surface area contributed by atoms with E-state index in [0.29, 0.717) is 6.42 Å². The minimum Gasteiger partial charge on any atom is -0.286 e. The zero-order valence-corrected chi connectivity index (χ0v) is 15.3. The lowest BCUT2D eigenvalue weighted by Gasteiger charge is -2.03. The molecule has 5 heteroatoms. The fraction of sp³-hybridized carbons (Fsp3) is 1.00. The summed E-state index contributed by atoms with van der Waals surface area (Å²) in [7, 11) is -3.74. The van der Waals surface area contributed by atoms with E-state index in [9.17, 15) is 8.42 Å². The van der Waals surface area contributed by atoms with Crippen molar-refractivity contribution >= 4 is 22.5 Å². The molecule has 1 N–H and O–H groups in total. The van der Waals surface area contributed by atoms with Crippen LogP contribution in [0.5, 0.6) is 0 Å². The Morgan fingerprint density at radius 2 is 0.905 bits per heavy atom. The van der Waals surface area contributed by atoms with Crippen molar-refractivity contribution in [3.8, 4) is 0 Å². The minimum absolute atomic E-state index is 0. The summed E-state index contributed by atoms with van der Waals surface area (Å²) in [5, 5.41) is 0. The van der Waals surface area contributed by atoms with E-state index >= 15 is 0 Å². The third-order valence-electron chi connectivity index (χ3n) is 3.76. The molecule has 0 aliphatic heterocycles. The number of hydrogen-bond acceptors (Lipinski definition) is 2. The summed E-state index contributed by atoms with van der Waals surface area (Å²) in [6, 6.07) is 0. The van der Waals surface area contributed by atoms with Crippen LogP contribution >= 0.6 is 12.4 Å². The average molecular weight is 343 g/mol. The van der Waals surface area contributed by atoms with E-state index < -0.39 is 10.1 Å². The first-order valence-electron chi connectivity index (χ1n) is 8.51. The summed E-state index contributed by atoms with van der Waals surface area (Å²) in [5.41, 5.74) is 0. The maximum Gasteiger partial charge on any atom is 0.264 e. The van der Waals surface area contributed by atoms with Crippen LogP contribution in [0.15, 0.2) is 0 Å². The van der Waals surface area contributed by atoms with Gasteiger partial charge in [-0.15, -0.1) is 12.4 Å². The number of unbranched alkanes of at least 4 members (excludes halogenated alkanes) is 13. The summed E-state index contributed by atoms with van der Waals surface area (Å²) < 4.78 is 29.6. The van der Waals surface area contributed by atoms with E-state index in [1.807, 2.05) is 0 Å². The van der Waals surface area contributed by atoms with Crippen molar-refractivity contribution in [3.63, 3.8) is 0 Å². The molecule has 0 aromatic rings. The third kappa shape index (κ3) is 22.6. The normalized spacial score (nSPS) is 11.3. The summed E-state index contributed by atoms with van der Waals surface area (Å²) in [6.45, 7) is 2.25. The fourth-order valence-electron chi connectivity index (χ4n) is 2.48. The molecule has 0 heterocycles. The summed E-state index contributed by atoms with van der Waals surface area (Å²) in [5.74, 6) is -0.0783. The summed E-state index contributed by atoms with van der Waals surface area (Å²) in [4.78, 5) is 0. The fourth-order valence-corrected chi connectivity index (χ4v) is 3.05. The summed E-state index contributed by atoms with van der Waals surface area (Å²) in [6.07, 6.45) is 17.4. The second-order valence-corrected chi connectivity index (χ2v) is 7.45. The maximum atomic E-state index is 10.5. The van der Waals surface area contributed by atoms with Crippen molar-refractivity contribution in [3.05, 3.63) is 0 Å². The van der Waals surface area contributed by atoms with Crippen molar-refractivity contribution in [2.45, 2.75) is 96.8 Å². The Hall–Kier alpha value is 0.200. The van der Waals surface area contributed by atoms with E-state index in [1.54, 1.807) is 0 Å². The Morgan fingerprint density at radius 1 is 0.619 bits per heavy atom. The molecule has 0 atom stereocenters. The number of hydrogen-bond donors (Lipinski definition) is 1. The van der Waals surface area contributed by atoms with Gasteiger partial charge in [0.05, 0.1) is 5.75 Å². The van der Waals surface area contributed by atoms with E-state index in [0.717, 1.165) is 12.8 Å². The average Bonchev–Trinajstić information content (AvgIpc) is 2.38. The van der Waals surface area contributed by atoms with E-state index in [2.05, 4.69) is 6.92 Å². The molecule has 0 bridgehead atoms. The molecule has 0 radical (unpaired) electrons. The molecule has 21 heavy (non-hydrogen) atoms. The second-order valence-electron chi connectivity index (χ2n) is 5.88. The van der Waals surface area contributed by atoms with Gasteiger partial charge in [-0.3, -0.25) is 4.55 Å². The van der Waals surface area contributed by atoms with E-state index in [4.69, 9.17) is 4.55 Å². The molecule has 0 rings (SSSR count). The largest absolute Gasteiger partial charge is 0.286 e. The highest BCUT2D eigenvalue weighted by Gasteiger charge is 2.02. The summed E-state index contributed by atoms with van der Waals surface area (Å²) >= 11 is 0. The molecule has 0 saturated carbocycles. The maximum absolute atomic E-state index is 10.5. The Balaban J connectivity index is 0. The minimum atomic E-state index is -3.74. The first kappa shape index (κ1) is 23.5. The number of halogens is 1. The monoisotopic (exact) mass is 342 g/mol. The molecule has 0 amide bonds. The first-order valence-corrected chi connectivity index (χ1v) is 10.1. The van der Waals surface area contributed by atoms with Crippen molar-refractivity contribution < 1.29 is 13.0 Å². The van der Waals surface area contributed by atoms with Crippen LogP contribution in [0, 0.1) is 0 Å². The zero-order valence-electron chi connectivity index (χ0n) is 13.7. The van der Waals surface area contributed by atoms with Crippen molar-refractivity contribution in [2.24, 2.45) is 0 Å². The lowest BCUT2D eigenvalue weighted by Crippen LogP contribution is -2.03. The Labute approximate surface area is 138 Å². The molecule has 0 fully saturated rings. The number of rotatable bonds is 15. The Kier molecular flexibility index (Phi) is 18.5. The van der Waals surface area contributed by atoms with Crippen molar-refractivity contribution in [1.29, 1.82) is 0 Å². The van der Waals surface area contributed by atoms with Crippen LogP contribution < -0.4 is 0 Å². The molecule has 0 aromatic heterocycles. The highest BCUT2D eigenvalue weighted by Crippen LogP contribution is 2.13. The van der Waals surface area contributed by atoms with Crippen LogP contribution in [0.25, 0.3) is 0 Å². The van der Waals surface area contributed by atoms with Crippen LogP contribution in [0.2, 0.25) is 0 Å². The van der Waals surface area contributed by atoms with Crippen LogP contribution in [0.4, 0.5) is 0 Å². The van der Waals surface area contributed by atoms with Crippen LogP contribution in [-0.4, -0.2) is 18.7 Å². The molecule has 0 saturated heterocycles. The van der Waals surface area contributed by atoms with Crippen LogP contribution in [0.3, 0.4) is 0 Å². The Morgan fingerprint density at radius 3 is 1.19 bits per heavy atom. The highest BCUT2D eigenvalue weighted by molar-refractivity contribution is 7.85. The molecule has 0 unspecified atom stereocenters. The van der Waals surface area contributed by atoms with Gasteiger partial charge in [-0.2, -0.15) is 8.42 Å². The topological polar surface area (TPSA) is 54.4 Å². The van der Waals surface area contributed by atoms with Gasteiger partial charge < -0.3 is 0 Å². The van der Waals surface area contributed by atoms with Gasteiger partial charge >= 0.3 is 0 Å². The standard InChI is InChI=1S/C16H34O3S.ClH/c1-2-3-4-5-6-7-8-9-10-11-12-13-14-15-16-20(17,18)19;/h2-16H2,1H3,(H,17,18,19);1H. The molecular weight excluding hydrogens is 308 g/mol.